The van der Waals surface area contributed by atoms with E-state index in [4.69, 9.17) is 14.6 Å². The van der Waals surface area contributed by atoms with E-state index in [0.29, 0.717) is 22.8 Å². The molecule has 0 amide bonds. The van der Waals surface area contributed by atoms with Gasteiger partial charge in [0.1, 0.15) is 17.1 Å². The minimum absolute atomic E-state index is 0.104. The molecule has 0 spiro atoms. The summed E-state index contributed by atoms with van der Waals surface area (Å²) < 4.78 is 12.6. The molecule has 10 nitrogen and oxygen atoms in total. The Bertz CT molecular complexity index is 1680. The van der Waals surface area contributed by atoms with Crippen LogP contribution in [0.4, 0.5) is 5.69 Å². The van der Waals surface area contributed by atoms with E-state index in [2.05, 4.69) is 44.2 Å². The fourth-order valence-corrected chi connectivity index (χ4v) is 5.15. The molecule has 41 heavy (non-hydrogen) atoms. The molecule has 1 aliphatic heterocycles. The summed E-state index contributed by atoms with van der Waals surface area (Å²) in [6.45, 7) is 5.94. The van der Waals surface area contributed by atoms with E-state index in [0.717, 1.165) is 54.1 Å². The second kappa shape index (κ2) is 11.3. The van der Waals surface area contributed by atoms with Crippen LogP contribution in [0, 0.1) is 0 Å². The van der Waals surface area contributed by atoms with Crippen LogP contribution in [0.3, 0.4) is 0 Å². The van der Waals surface area contributed by atoms with E-state index < -0.39 is 5.97 Å². The number of hydrogen-bond donors (Lipinski definition) is 0. The standard InChI is InChI=1S/C31H31N7O3/c1-4-41-31(39)28-29(22-8-10-24(11-9-22)37-18-16-36(2)17-19-37)38-30(34-33-28)26(23-6-5-7-25(20-23)40-3)27(35-38)21-12-14-32-15-13-21/h5-15,20H,4,16-19H2,1-3H3. The fourth-order valence-electron chi connectivity index (χ4n) is 5.15. The normalized spacial score (nSPS) is 13.9. The van der Waals surface area contributed by atoms with E-state index in [9.17, 15) is 4.79 Å². The number of anilines is 1. The van der Waals surface area contributed by atoms with E-state index in [1.165, 1.54) is 0 Å². The van der Waals surface area contributed by atoms with Gasteiger partial charge in [-0.25, -0.2) is 9.31 Å². The molecule has 0 bridgehead atoms. The predicted molar refractivity (Wildman–Crippen MR) is 157 cm³/mol. The molecule has 4 heterocycles. The summed E-state index contributed by atoms with van der Waals surface area (Å²) in [5.74, 6) is 0.155. The lowest BCUT2D eigenvalue weighted by Gasteiger charge is -2.34. The van der Waals surface area contributed by atoms with Gasteiger partial charge in [-0.1, -0.05) is 24.3 Å². The summed E-state index contributed by atoms with van der Waals surface area (Å²) in [6.07, 6.45) is 3.45. The van der Waals surface area contributed by atoms with Gasteiger partial charge in [-0.2, -0.15) is 5.10 Å². The number of esters is 1. The average Bonchev–Trinajstić information content (AvgIpc) is 3.41. The van der Waals surface area contributed by atoms with Crippen molar-refractivity contribution >= 4 is 17.3 Å². The fraction of sp³-hybridized carbons (Fsp3) is 0.258. The van der Waals surface area contributed by atoms with Crippen LogP contribution in [0.15, 0.2) is 73.1 Å². The minimum Gasteiger partial charge on any atom is -0.497 e. The number of hydrogen-bond acceptors (Lipinski definition) is 9. The Morgan fingerprint density at radius 3 is 2.37 bits per heavy atom. The van der Waals surface area contributed by atoms with Crippen molar-refractivity contribution in [3.63, 3.8) is 0 Å². The van der Waals surface area contributed by atoms with Crippen molar-refractivity contribution in [1.82, 2.24) is 29.7 Å². The number of nitrogens with zero attached hydrogens (tertiary/aromatic N) is 7. The third kappa shape index (κ3) is 5.09. The molecule has 1 saturated heterocycles. The minimum atomic E-state index is -0.552. The molecule has 10 heteroatoms. The van der Waals surface area contributed by atoms with E-state index in [1.807, 2.05) is 48.5 Å². The molecule has 0 saturated carbocycles. The van der Waals surface area contributed by atoms with Crippen LogP contribution in [0.25, 0.3) is 39.3 Å². The highest BCUT2D eigenvalue weighted by Gasteiger charge is 2.26. The number of fused-ring (bicyclic) bond motifs is 1. The maximum absolute atomic E-state index is 13.1. The molecule has 6 rings (SSSR count). The van der Waals surface area contributed by atoms with Gasteiger partial charge in [0.15, 0.2) is 11.3 Å². The Kier molecular flexibility index (Phi) is 7.30. The quantitative estimate of drug-likeness (QED) is 0.273. The zero-order valence-corrected chi connectivity index (χ0v) is 23.3. The first-order valence-corrected chi connectivity index (χ1v) is 13.6. The van der Waals surface area contributed by atoms with Crippen LogP contribution in [-0.4, -0.2) is 82.6 Å². The van der Waals surface area contributed by atoms with Gasteiger partial charge in [-0.05, 0) is 55.9 Å². The number of ether oxygens (including phenoxy) is 2. The van der Waals surface area contributed by atoms with Crippen LogP contribution in [0.1, 0.15) is 17.4 Å². The second-order valence-electron chi connectivity index (χ2n) is 9.88. The highest BCUT2D eigenvalue weighted by Crippen LogP contribution is 2.38. The number of likely N-dealkylation sites (N-methyl/N-ethyl adjacent to an activating group) is 1. The van der Waals surface area contributed by atoms with Crippen molar-refractivity contribution in [1.29, 1.82) is 0 Å². The van der Waals surface area contributed by atoms with Gasteiger partial charge in [-0.15, -0.1) is 10.2 Å². The van der Waals surface area contributed by atoms with Crippen molar-refractivity contribution in [3.8, 4) is 39.4 Å². The summed E-state index contributed by atoms with van der Waals surface area (Å²) >= 11 is 0. The van der Waals surface area contributed by atoms with Crippen LogP contribution < -0.4 is 9.64 Å². The number of piperazine rings is 1. The number of methoxy groups -OCH3 is 1. The van der Waals surface area contributed by atoms with Crippen molar-refractivity contribution in [2.24, 2.45) is 0 Å². The second-order valence-corrected chi connectivity index (χ2v) is 9.88. The van der Waals surface area contributed by atoms with Gasteiger partial charge < -0.3 is 19.3 Å². The van der Waals surface area contributed by atoms with Crippen molar-refractivity contribution in [3.05, 3.63) is 78.8 Å². The lowest BCUT2D eigenvalue weighted by Crippen LogP contribution is -2.44. The lowest BCUT2D eigenvalue weighted by molar-refractivity contribution is 0.0518. The number of benzene rings is 2. The Morgan fingerprint density at radius 1 is 0.902 bits per heavy atom. The first kappa shape index (κ1) is 26.4. The molecular weight excluding hydrogens is 518 g/mol. The van der Waals surface area contributed by atoms with E-state index in [-0.39, 0.29) is 12.3 Å². The molecule has 0 unspecified atom stereocenters. The van der Waals surface area contributed by atoms with Crippen molar-refractivity contribution < 1.29 is 14.3 Å². The molecule has 1 aliphatic rings. The Morgan fingerprint density at radius 2 is 1.66 bits per heavy atom. The zero-order chi connectivity index (χ0) is 28.3. The Labute approximate surface area is 238 Å². The number of aromatic nitrogens is 5. The van der Waals surface area contributed by atoms with Crippen molar-refractivity contribution in [2.75, 3.05) is 51.8 Å². The highest BCUT2D eigenvalue weighted by atomic mass is 16.5. The van der Waals surface area contributed by atoms with Gasteiger partial charge in [0, 0.05) is 55.4 Å². The Balaban J connectivity index is 1.57. The van der Waals surface area contributed by atoms with Gasteiger partial charge >= 0.3 is 5.97 Å². The predicted octanol–water partition coefficient (Wildman–Crippen LogP) is 4.46. The monoisotopic (exact) mass is 549 g/mol. The topological polar surface area (TPSA) is 98.0 Å². The lowest BCUT2D eigenvalue weighted by atomic mass is 10.0. The van der Waals surface area contributed by atoms with Gasteiger partial charge in [-0.3, -0.25) is 4.98 Å². The molecule has 2 aromatic carbocycles. The number of carbonyl (C=O) groups excluding carboxylic acids is 1. The molecule has 3 aromatic heterocycles. The van der Waals surface area contributed by atoms with Gasteiger partial charge in [0.2, 0.25) is 0 Å². The molecule has 0 aliphatic carbocycles. The smallest absolute Gasteiger partial charge is 0.361 e. The number of rotatable bonds is 7. The van der Waals surface area contributed by atoms with Crippen LogP contribution in [0.2, 0.25) is 0 Å². The number of pyridine rings is 1. The molecule has 5 aromatic rings. The van der Waals surface area contributed by atoms with E-state index >= 15 is 0 Å². The summed E-state index contributed by atoms with van der Waals surface area (Å²) in [7, 11) is 3.78. The Hall–Kier alpha value is -4.83. The molecule has 0 atom stereocenters. The van der Waals surface area contributed by atoms with Gasteiger partial charge in [0.25, 0.3) is 0 Å². The molecular formula is C31H31N7O3. The maximum atomic E-state index is 13.1. The first-order chi connectivity index (χ1) is 20.1. The van der Waals surface area contributed by atoms with Crippen LogP contribution >= 0.6 is 0 Å². The molecule has 208 valence electrons. The first-order valence-electron chi connectivity index (χ1n) is 13.6. The third-order valence-electron chi connectivity index (χ3n) is 7.33. The summed E-state index contributed by atoms with van der Waals surface area (Å²) in [6, 6.07) is 19.7. The molecule has 0 N–H and O–H groups in total. The van der Waals surface area contributed by atoms with E-state index in [1.54, 1.807) is 30.9 Å². The molecule has 0 radical (unpaired) electrons. The summed E-state index contributed by atoms with van der Waals surface area (Å²) in [4.78, 5) is 22.0. The summed E-state index contributed by atoms with van der Waals surface area (Å²) in [5, 5.41) is 14.0. The largest absolute Gasteiger partial charge is 0.497 e. The van der Waals surface area contributed by atoms with Crippen LogP contribution in [0.5, 0.6) is 5.75 Å². The maximum Gasteiger partial charge on any atom is 0.361 e. The average molecular weight is 550 g/mol. The van der Waals surface area contributed by atoms with Crippen LogP contribution in [-0.2, 0) is 4.74 Å². The van der Waals surface area contributed by atoms with Gasteiger partial charge in [0.05, 0.1) is 19.3 Å². The van der Waals surface area contributed by atoms with Crippen molar-refractivity contribution in [2.45, 2.75) is 6.92 Å². The SMILES string of the molecule is CCOC(=O)c1nnc2c(-c3cccc(OC)c3)c(-c3ccncc3)nn2c1-c1ccc(N2CCN(C)CC2)cc1. The molecule has 1 fully saturated rings. The third-order valence-corrected chi connectivity index (χ3v) is 7.33. The highest BCUT2D eigenvalue weighted by molar-refractivity contribution is 5.97. The zero-order valence-electron chi connectivity index (χ0n) is 23.3. The number of carbonyl (C=O) groups is 1. The summed E-state index contributed by atoms with van der Waals surface area (Å²) in [5.41, 5.74) is 6.23.